The van der Waals surface area contributed by atoms with Gasteiger partial charge in [0.25, 0.3) is 0 Å². The van der Waals surface area contributed by atoms with Gasteiger partial charge in [0, 0.05) is 32.3 Å². The number of benzene rings is 1. The van der Waals surface area contributed by atoms with Gasteiger partial charge in [-0.1, -0.05) is 6.07 Å². The van der Waals surface area contributed by atoms with E-state index in [1.54, 1.807) is 6.08 Å². The molecule has 4 heteroatoms. The monoisotopic (exact) mass is 301 g/mol. The van der Waals surface area contributed by atoms with Crippen molar-refractivity contribution in [2.75, 3.05) is 26.4 Å². The number of hydrogen-bond acceptors (Lipinski definition) is 3. The van der Waals surface area contributed by atoms with E-state index in [9.17, 15) is 4.79 Å². The van der Waals surface area contributed by atoms with Crippen molar-refractivity contribution in [1.29, 1.82) is 0 Å². The van der Waals surface area contributed by atoms with Gasteiger partial charge >= 0.3 is 0 Å². The number of carbonyl (C=O) groups excluding carboxylic acids is 1. The molecule has 118 valence electrons. The molecule has 1 saturated carbocycles. The molecule has 1 aliphatic carbocycles. The Bertz CT molecular complexity index is 549. The van der Waals surface area contributed by atoms with Crippen LogP contribution in [0.3, 0.4) is 0 Å². The fraction of sp³-hybridized carbons (Fsp3) is 0.500. The van der Waals surface area contributed by atoms with E-state index in [1.165, 1.54) is 18.4 Å². The molecule has 3 rings (SSSR count). The topological polar surface area (TPSA) is 47.6 Å². The van der Waals surface area contributed by atoms with Crippen molar-refractivity contribution in [3.63, 3.8) is 0 Å². The summed E-state index contributed by atoms with van der Waals surface area (Å²) >= 11 is 0. The Morgan fingerprint density at radius 1 is 1.41 bits per heavy atom. The van der Waals surface area contributed by atoms with Crippen LogP contribution < -0.4 is 10.1 Å². The zero-order chi connectivity index (χ0) is 15.2. The van der Waals surface area contributed by atoms with E-state index in [4.69, 9.17) is 9.47 Å². The summed E-state index contributed by atoms with van der Waals surface area (Å²) < 4.78 is 11.0. The molecule has 1 N–H and O–H groups in total. The summed E-state index contributed by atoms with van der Waals surface area (Å²) in [7, 11) is 0. The molecule has 0 spiro atoms. The Labute approximate surface area is 131 Å². The first-order chi connectivity index (χ1) is 10.8. The van der Waals surface area contributed by atoms with Gasteiger partial charge in [0.1, 0.15) is 5.75 Å². The predicted octanol–water partition coefficient (Wildman–Crippen LogP) is 2.57. The highest BCUT2D eigenvalue weighted by Gasteiger charge is 2.20. The average Bonchev–Trinajstić information content (AvgIpc) is 3.23. The molecule has 1 aliphatic heterocycles. The van der Waals surface area contributed by atoms with Crippen LogP contribution in [0.15, 0.2) is 24.3 Å². The zero-order valence-corrected chi connectivity index (χ0v) is 12.8. The second-order valence-electron chi connectivity index (χ2n) is 5.96. The first-order valence-corrected chi connectivity index (χ1v) is 8.10. The molecule has 2 aliphatic rings. The molecule has 1 aromatic rings. The van der Waals surface area contributed by atoms with Gasteiger partial charge in [0.2, 0.25) is 5.91 Å². The molecule has 0 atom stereocenters. The SMILES string of the molecule is O=C(/C=C/c1ccc2c(c1)CCO2)NCCCOCC1CC1. The Morgan fingerprint density at radius 3 is 3.18 bits per heavy atom. The van der Waals surface area contributed by atoms with Crippen LogP contribution >= 0.6 is 0 Å². The fourth-order valence-electron chi connectivity index (χ4n) is 2.46. The molecular weight excluding hydrogens is 278 g/mol. The number of nitrogens with one attached hydrogen (secondary N) is 1. The third-order valence-corrected chi connectivity index (χ3v) is 3.96. The lowest BCUT2D eigenvalue weighted by Gasteiger charge is -2.04. The molecule has 0 radical (unpaired) electrons. The molecule has 1 fully saturated rings. The van der Waals surface area contributed by atoms with Crippen LogP contribution in [-0.4, -0.2) is 32.3 Å². The van der Waals surface area contributed by atoms with E-state index in [0.717, 1.165) is 49.9 Å². The van der Waals surface area contributed by atoms with Crippen LogP contribution in [0.1, 0.15) is 30.4 Å². The molecule has 0 aromatic heterocycles. The van der Waals surface area contributed by atoms with Gasteiger partial charge in [-0.3, -0.25) is 4.79 Å². The van der Waals surface area contributed by atoms with E-state index in [1.807, 2.05) is 18.2 Å². The van der Waals surface area contributed by atoms with Crippen molar-refractivity contribution in [1.82, 2.24) is 5.32 Å². The normalized spacial score (nSPS) is 16.5. The number of ether oxygens (including phenoxy) is 2. The summed E-state index contributed by atoms with van der Waals surface area (Å²) in [5.41, 5.74) is 2.25. The van der Waals surface area contributed by atoms with E-state index in [-0.39, 0.29) is 5.91 Å². The van der Waals surface area contributed by atoms with Crippen LogP contribution in [0.25, 0.3) is 6.08 Å². The quantitative estimate of drug-likeness (QED) is 0.593. The van der Waals surface area contributed by atoms with Crippen LogP contribution in [0.5, 0.6) is 5.75 Å². The van der Waals surface area contributed by atoms with E-state index >= 15 is 0 Å². The summed E-state index contributed by atoms with van der Waals surface area (Å²) in [4.78, 5) is 11.7. The van der Waals surface area contributed by atoms with Gasteiger partial charge in [-0.25, -0.2) is 0 Å². The summed E-state index contributed by atoms with van der Waals surface area (Å²) in [5.74, 6) is 1.71. The highest BCUT2D eigenvalue weighted by atomic mass is 16.5. The van der Waals surface area contributed by atoms with Gasteiger partial charge in [-0.05, 0) is 54.5 Å². The van der Waals surface area contributed by atoms with Crippen LogP contribution in [-0.2, 0) is 16.0 Å². The molecule has 0 unspecified atom stereocenters. The summed E-state index contributed by atoms with van der Waals surface area (Å²) in [6.45, 7) is 3.03. The minimum atomic E-state index is -0.0565. The number of fused-ring (bicyclic) bond motifs is 1. The van der Waals surface area contributed by atoms with Gasteiger partial charge in [0.15, 0.2) is 0 Å². The van der Waals surface area contributed by atoms with Crippen molar-refractivity contribution < 1.29 is 14.3 Å². The molecule has 4 nitrogen and oxygen atoms in total. The highest BCUT2D eigenvalue weighted by Crippen LogP contribution is 2.28. The number of carbonyl (C=O) groups is 1. The maximum atomic E-state index is 11.7. The Morgan fingerprint density at radius 2 is 2.32 bits per heavy atom. The molecule has 1 heterocycles. The van der Waals surface area contributed by atoms with Crippen LogP contribution in [0.2, 0.25) is 0 Å². The second kappa shape index (κ2) is 7.45. The lowest BCUT2D eigenvalue weighted by Crippen LogP contribution is -2.23. The van der Waals surface area contributed by atoms with Crippen molar-refractivity contribution >= 4 is 12.0 Å². The largest absolute Gasteiger partial charge is 0.493 e. The van der Waals surface area contributed by atoms with Crippen molar-refractivity contribution in [2.45, 2.75) is 25.7 Å². The molecule has 0 bridgehead atoms. The van der Waals surface area contributed by atoms with E-state index in [2.05, 4.69) is 11.4 Å². The zero-order valence-electron chi connectivity index (χ0n) is 12.8. The molecule has 22 heavy (non-hydrogen) atoms. The lowest BCUT2D eigenvalue weighted by atomic mass is 10.1. The number of rotatable bonds is 8. The van der Waals surface area contributed by atoms with Crippen molar-refractivity contribution in [3.8, 4) is 5.75 Å². The average molecular weight is 301 g/mol. The second-order valence-corrected chi connectivity index (χ2v) is 5.96. The first kappa shape index (κ1) is 15.1. The van der Waals surface area contributed by atoms with Gasteiger partial charge < -0.3 is 14.8 Å². The molecule has 1 aromatic carbocycles. The smallest absolute Gasteiger partial charge is 0.244 e. The Hall–Kier alpha value is -1.81. The standard InChI is InChI=1S/C18H23NO3/c20-18(19-9-1-10-21-13-15-2-3-15)7-5-14-4-6-17-16(12-14)8-11-22-17/h4-7,12,15H,1-3,8-11,13H2,(H,19,20)/b7-5+. The molecular formula is C18H23NO3. The lowest BCUT2D eigenvalue weighted by molar-refractivity contribution is -0.116. The summed E-state index contributed by atoms with van der Waals surface area (Å²) in [6.07, 6.45) is 7.87. The number of amides is 1. The minimum absolute atomic E-state index is 0.0565. The van der Waals surface area contributed by atoms with Crippen LogP contribution in [0.4, 0.5) is 0 Å². The first-order valence-electron chi connectivity index (χ1n) is 8.10. The van der Waals surface area contributed by atoms with Gasteiger partial charge in [0.05, 0.1) is 6.61 Å². The van der Waals surface area contributed by atoms with Crippen LogP contribution in [0, 0.1) is 5.92 Å². The Kier molecular flexibility index (Phi) is 5.11. The minimum Gasteiger partial charge on any atom is -0.493 e. The fourth-order valence-corrected chi connectivity index (χ4v) is 2.46. The molecule has 0 saturated heterocycles. The number of hydrogen-bond donors (Lipinski definition) is 1. The van der Waals surface area contributed by atoms with Crippen molar-refractivity contribution in [3.05, 3.63) is 35.4 Å². The third kappa shape index (κ3) is 4.60. The Balaban J connectivity index is 1.33. The predicted molar refractivity (Wildman–Crippen MR) is 85.8 cm³/mol. The molecule has 1 amide bonds. The van der Waals surface area contributed by atoms with E-state index < -0.39 is 0 Å². The maximum Gasteiger partial charge on any atom is 0.244 e. The summed E-state index contributed by atoms with van der Waals surface area (Å²) in [5, 5.41) is 2.88. The maximum absolute atomic E-state index is 11.7. The van der Waals surface area contributed by atoms with Gasteiger partial charge in [-0.2, -0.15) is 0 Å². The summed E-state index contributed by atoms with van der Waals surface area (Å²) in [6, 6.07) is 6.02. The third-order valence-electron chi connectivity index (χ3n) is 3.96. The van der Waals surface area contributed by atoms with Gasteiger partial charge in [-0.15, -0.1) is 0 Å². The highest BCUT2D eigenvalue weighted by molar-refractivity contribution is 5.91. The van der Waals surface area contributed by atoms with Crippen molar-refractivity contribution in [2.24, 2.45) is 5.92 Å². The van der Waals surface area contributed by atoms with E-state index in [0.29, 0.717) is 6.54 Å².